The van der Waals surface area contributed by atoms with E-state index in [0.29, 0.717) is 0 Å². The minimum atomic E-state index is 0.739. The molecule has 102 valence electrons. The fourth-order valence-corrected chi connectivity index (χ4v) is 2.70. The van der Waals surface area contributed by atoms with Crippen LogP contribution >= 0.6 is 11.8 Å². The van der Waals surface area contributed by atoms with Crippen molar-refractivity contribution >= 4 is 23.3 Å². The Balaban J connectivity index is 2.36. The first-order chi connectivity index (χ1) is 9.13. The summed E-state index contributed by atoms with van der Waals surface area (Å²) in [6.07, 6.45) is 0. The summed E-state index contributed by atoms with van der Waals surface area (Å²) in [7, 11) is 3.99. The predicted molar refractivity (Wildman–Crippen MR) is 82.9 cm³/mol. The molecule has 5 heteroatoms. The number of hydrogen-bond acceptors (Lipinski definition) is 4. The van der Waals surface area contributed by atoms with Gasteiger partial charge in [-0.3, -0.25) is 0 Å². The molecule has 0 atom stereocenters. The van der Waals surface area contributed by atoms with Crippen molar-refractivity contribution in [2.24, 2.45) is 0 Å². The highest BCUT2D eigenvalue weighted by atomic mass is 32.2. The van der Waals surface area contributed by atoms with Crippen LogP contribution in [0, 0.1) is 0 Å². The van der Waals surface area contributed by atoms with Crippen LogP contribution in [0.2, 0.25) is 0 Å². The molecule has 2 rings (SSSR count). The summed E-state index contributed by atoms with van der Waals surface area (Å²) in [6.45, 7) is 2.85. The van der Waals surface area contributed by atoms with Crippen molar-refractivity contribution < 1.29 is 0 Å². The monoisotopic (exact) mass is 276 g/mol. The number of benzene rings is 1. The molecule has 4 nitrogen and oxygen atoms in total. The van der Waals surface area contributed by atoms with Gasteiger partial charge in [0.2, 0.25) is 0 Å². The number of anilines is 2. The molecule has 0 aliphatic carbocycles. The van der Waals surface area contributed by atoms with E-state index in [9.17, 15) is 0 Å². The molecule has 0 fully saturated rings. The fraction of sp³-hybridized carbons (Fsp3) is 0.357. The lowest BCUT2D eigenvalue weighted by atomic mass is 10.2. The largest absolute Gasteiger partial charge is 0.393 e. The molecule has 0 aliphatic rings. The number of aromatic nitrogens is 2. The quantitative estimate of drug-likeness (QED) is 0.853. The molecule has 0 unspecified atom stereocenters. The van der Waals surface area contributed by atoms with E-state index in [4.69, 9.17) is 5.73 Å². The number of nitrogens with zero attached hydrogens (tertiary/aromatic N) is 3. The van der Waals surface area contributed by atoms with Gasteiger partial charge < -0.3 is 10.6 Å². The normalized spacial score (nSPS) is 10.7. The number of hydrogen-bond donors (Lipinski definition) is 1. The number of rotatable bonds is 5. The maximum absolute atomic E-state index is 6.20. The maximum atomic E-state index is 6.20. The van der Waals surface area contributed by atoms with Gasteiger partial charge in [-0.1, -0.05) is 37.3 Å². The van der Waals surface area contributed by atoms with E-state index in [1.807, 2.05) is 41.9 Å². The van der Waals surface area contributed by atoms with Crippen LogP contribution in [0.3, 0.4) is 0 Å². The van der Waals surface area contributed by atoms with Gasteiger partial charge in [0.25, 0.3) is 0 Å². The molecule has 0 saturated carbocycles. The molecule has 1 aromatic carbocycles. The molecule has 0 radical (unpaired) electrons. The number of nitrogen functional groups attached to an aromatic ring is 1. The molecule has 2 aromatic rings. The van der Waals surface area contributed by atoms with Crippen LogP contribution in [-0.2, 0) is 6.54 Å². The molecule has 1 aromatic heterocycles. The van der Waals surface area contributed by atoms with Crippen LogP contribution in [-0.4, -0.2) is 29.6 Å². The second-order valence-electron chi connectivity index (χ2n) is 4.51. The molecule has 0 saturated heterocycles. The van der Waals surface area contributed by atoms with Gasteiger partial charge in [0, 0.05) is 14.1 Å². The average molecular weight is 276 g/mol. The van der Waals surface area contributed by atoms with Crippen LogP contribution in [0.15, 0.2) is 35.4 Å². The third kappa shape index (κ3) is 3.04. The SMILES string of the molecule is CCSc1nn(Cc2ccccc2)c(N(C)C)c1N. The Labute approximate surface area is 118 Å². The standard InChI is InChI=1S/C14H20N4S/c1-4-19-13-12(15)14(17(2)3)18(16-13)10-11-8-6-5-7-9-11/h5-9H,4,10,15H2,1-3H3. The minimum Gasteiger partial charge on any atom is -0.393 e. The van der Waals surface area contributed by atoms with Crippen molar-refractivity contribution in [3.05, 3.63) is 35.9 Å². The average Bonchev–Trinajstić information content (AvgIpc) is 2.68. The maximum Gasteiger partial charge on any atom is 0.151 e. The lowest BCUT2D eigenvalue weighted by Gasteiger charge is -2.15. The Morgan fingerprint density at radius 1 is 1.26 bits per heavy atom. The van der Waals surface area contributed by atoms with E-state index >= 15 is 0 Å². The summed E-state index contributed by atoms with van der Waals surface area (Å²) in [5.41, 5.74) is 8.19. The first kappa shape index (κ1) is 13.8. The topological polar surface area (TPSA) is 47.1 Å². The fourth-order valence-electron chi connectivity index (χ4n) is 2.03. The second-order valence-corrected chi connectivity index (χ2v) is 5.77. The Bertz CT molecular complexity index is 534. The highest BCUT2D eigenvalue weighted by Crippen LogP contribution is 2.32. The summed E-state index contributed by atoms with van der Waals surface area (Å²) in [5, 5.41) is 5.55. The van der Waals surface area contributed by atoms with Gasteiger partial charge in [-0.15, -0.1) is 11.8 Å². The Hall–Kier alpha value is -1.62. The number of nitrogens with two attached hydrogens (primary N) is 1. The lowest BCUT2D eigenvalue weighted by molar-refractivity contribution is 0.661. The molecule has 0 aliphatic heterocycles. The van der Waals surface area contributed by atoms with Crippen LogP contribution in [0.1, 0.15) is 12.5 Å². The van der Waals surface area contributed by atoms with Crippen molar-refractivity contribution in [3.63, 3.8) is 0 Å². The van der Waals surface area contributed by atoms with Crippen molar-refractivity contribution in [2.75, 3.05) is 30.5 Å². The van der Waals surface area contributed by atoms with Crippen LogP contribution in [0.25, 0.3) is 0 Å². The summed E-state index contributed by atoms with van der Waals surface area (Å²) in [5.74, 6) is 1.94. The van der Waals surface area contributed by atoms with E-state index in [-0.39, 0.29) is 0 Å². The van der Waals surface area contributed by atoms with Gasteiger partial charge in [-0.25, -0.2) is 4.68 Å². The van der Waals surface area contributed by atoms with Crippen molar-refractivity contribution in [1.29, 1.82) is 0 Å². The van der Waals surface area contributed by atoms with Crippen LogP contribution < -0.4 is 10.6 Å². The van der Waals surface area contributed by atoms with E-state index in [2.05, 4.69) is 24.2 Å². The summed E-state index contributed by atoms with van der Waals surface area (Å²) in [6, 6.07) is 10.3. The predicted octanol–water partition coefficient (Wildman–Crippen LogP) is 2.69. The number of thioether (sulfide) groups is 1. The summed E-state index contributed by atoms with van der Waals surface area (Å²) >= 11 is 1.68. The Morgan fingerprint density at radius 2 is 1.95 bits per heavy atom. The van der Waals surface area contributed by atoms with E-state index in [1.54, 1.807) is 11.8 Å². The highest BCUT2D eigenvalue weighted by Gasteiger charge is 2.17. The smallest absolute Gasteiger partial charge is 0.151 e. The van der Waals surface area contributed by atoms with Gasteiger partial charge in [0.1, 0.15) is 10.7 Å². The third-order valence-electron chi connectivity index (χ3n) is 2.81. The second kappa shape index (κ2) is 6.02. The van der Waals surface area contributed by atoms with Gasteiger partial charge in [-0.05, 0) is 11.3 Å². The van der Waals surface area contributed by atoms with Gasteiger partial charge in [0.15, 0.2) is 5.82 Å². The molecule has 1 heterocycles. The molecule has 2 N–H and O–H groups in total. The summed E-state index contributed by atoms with van der Waals surface area (Å²) < 4.78 is 1.97. The van der Waals surface area contributed by atoms with Gasteiger partial charge in [-0.2, -0.15) is 5.10 Å². The van der Waals surface area contributed by atoms with Gasteiger partial charge in [0.05, 0.1) is 6.54 Å². The van der Waals surface area contributed by atoms with E-state index in [1.165, 1.54) is 5.56 Å². The van der Waals surface area contributed by atoms with E-state index in [0.717, 1.165) is 28.8 Å². The molecular weight excluding hydrogens is 256 g/mol. The lowest BCUT2D eigenvalue weighted by Crippen LogP contribution is -2.16. The first-order valence-corrected chi connectivity index (χ1v) is 7.32. The molecule has 0 bridgehead atoms. The molecule has 0 amide bonds. The zero-order chi connectivity index (χ0) is 13.8. The Kier molecular flexibility index (Phi) is 4.37. The zero-order valence-electron chi connectivity index (χ0n) is 11.6. The molecule has 0 spiro atoms. The Morgan fingerprint density at radius 3 is 2.53 bits per heavy atom. The van der Waals surface area contributed by atoms with Crippen molar-refractivity contribution in [3.8, 4) is 0 Å². The minimum absolute atomic E-state index is 0.739. The van der Waals surface area contributed by atoms with Crippen molar-refractivity contribution in [1.82, 2.24) is 9.78 Å². The first-order valence-electron chi connectivity index (χ1n) is 6.33. The zero-order valence-corrected chi connectivity index (χ0v) is 12.4. The third-order valence-corrected chi connectivity index (χ3v) is 3.67. The van der Waals surface area contributed by atoms with Gasteiger partial charge >= 0.3 is 0 Å². The van der Waals surface area contributed by atoms with Crippen LogP contribution in [0.4, 0.5) is 11.5 Å². The molecular formula is C14H20N4S. The summed E-state index contributed by atoms with van der Waals surface area (Å²) in [4.78, 5) is 2.02. The van der Waals surface area contributed by atoms with Crippen LogP contribution in [0.5, 0.6) is 0 Å². The van der Waals surface area contributed by atoms with Crippen molar-refractivity contribution in [2.45, 2.75) is 18.5 Å². The van der Waals surface area contributed by atoms with E-state index < -0.39 is 0 Å². The molecule has 19 heavy (non-hydrogen) atoms. The highest BCUT2D eigenvalue weighted by molar-refractivity contribution is 7.99.